The Bertz CT molecular complexity index is 1110. The van der Waals surface area contributed by atoms with E-state index in [-0.39, 0.29) is 40.6 Å². The summed E-state index contributed by atoms with van der Waals surface area (Å²) in [7, 11) is -4.04. The molecule has 0 aliphatic carbocycles. The maximum absolute atomic E-state index is 13.3. The normalized spacial score (nSPS) is 18.7. The quantitative estimate of drug-likeness (QED) is 0.683. The van der Waals surface area contributed by atoms with Crippen LogP contribution in [0.25, 0.3) is 0 Å². The average Bonchev–Trinajstić information content (AvgIpc) is 3.25. The zero-order valence-corrected chi connectivity index (χ0v) is 18.2. The minimum absolute atomic E-state index is 0.0420. The summed E-state index contributed by atoms with van der Waals surface area (Å²) in [6, 6.07) is 11.6. The molecule has 0 spiro atoms. The highest BCUT2D eigenvalue weighted by Gasteiger charge is 2.40. The van der Waals surface area contributed by atoms with Gasteiger partial charge in [0.25, 0.3) is 5.91 Å². The molecular weight excluding hydrogens is 442 g/mol. The Morgan fingerprint density at radius 1 is 1.26 bits per heavy atom. The van der Waals surface area contributed by atoms with Crippen LogP contribution in [-0.2, 0) is 26.0 Å². The fraction of sp³-hybridized carbons (Fsp3) is 0.333. The third-order valence-corrected chi connectivity index (χ3v) is 7.69. The molecule has 1 unspecified atom stereocenters. The highest BCUT2D eigenvalue weighted by atomic mass is 35.5. The Balaban J connectivity index is 1.49. The van der Waals surface area contributed by atoms with E-state index in [1.54, 1.807) is 0 Å². The van der Waals surface area contributed by atoms with Gasteiger partial charge in [-0.15, -0.1) is 0 Å². The second kappa shape index (κ2) is 8.86. The van der Waals surface area contributed by atoms with E-state index >= 15 is 0 Å². The zero-order valence-electron chi connectivity index (χ0n) is 16.6. The lowest BCUT2D eigenvalue weighted by Crippen LogP contribution is -2.46. The Kier molecular flexibility index (Phi) is 6.17. The van der Waals surface area contributed by atoms with Crippen molar-refractivity contribution in [2.45, 2.75) is 30.2 Å². The molecule has 1 fully saturated rings. The monoisotopic (exact) mass is 463 g/mol. The fourth-order valence-corrected chi connectivity index (χ4v) is 5.96. The predicted octanol–water partition coefficient (Wildman–Crippen LogP) is 2.18. The maximum Gasteiger partial charge on any atom is 0.262 e. The van der Waals surface area contributed by atoms with Crippen LogP contribution in [0.5, 0.6) is 5.75 Å². The Labute approximate surface area is 185 Å². The van der Waals surface area contributed by atoms with Crippen molar-refractivity contribution in [2.75, 3.05) is 25.0 Å². The summed E-state index contributed by atoms with van der Waals surface area (Å²) in [5.41, 5.74) is 1.41. The molecule has 0 bridgehead atoms. The van der Waals surface area contributed by atoms with Gasteiger partial charge < -0.3 is 15.4 Å². The first-order chi connectivity index (χ1) is 14.9. The number of amides is 2. The number of hydrogen-bond acceptors (Lipinski definition) is 5. The van der Waals surface area contributed by atoms with Crippen LogP contribution in [0.15, 0.2) is 47.4 Å². The molecule has 2 aromatic carbocycles. The number of nitrogens with zero attached hydrogens (tertiary/aromatic N) is 1. The first-order valence-electron chi connectivity index (χ1n) is 9.96. The van der Waals surface area contributed by atoms with E-state index in [2.05, 4.69) is 10.6 Å². The predicted molar refractivity (Wildman–Crippen MR) is 116 cm³/mol. The van der Waals surface area contributed by atoms with Gasteiger partial charge in [0, 0.05) is 19.2 Å². The molecule has 31 heavy (non-hydrogen) atoms. The summed E-state index contributed by atoms with van der Waals surface area (Å²) in [5, 5.41) is 5.40. The summed E-state index contributed by atoms with van der Waals surface area (Å²) in [5.74, 6) is -0.439. The summed E-state index contributed by atoms with van der Waals surface area (Å²) in [6.45, 7) is 0.439. The lowest BCUT2D eigenvalue weighted by molar-refractivity contribution is -0.124. The van der Waals surface area contributed by atoms with Crippen molar-refractivity contribution in [3.8, 4) is 5.75 Å². The van der Waals surface area contributed by atoms with Crippen LogP contribution in [-0.4, -0.2) is 50.3 Å². The smallest absolute Gasteiger partial charge is 0.262 e. The number of fused-ring (bicyclic) bond motifs is 1. The van der Waals surface area contributed by atoms with E-state index in [1.165, 1.54) is 16.4 Å². The minimum atomic E-state index is -4.04. The molecule has 1 saturated heterocycles. The first-order valence-corrected chi connectivity index (χ1v) is 11.8. The molecule has 10 heteroatoms. The SMILES string of the molecule is O=C1COc2cc(S(=O)(=O)N3CCCC3C(=O)NCCc3ccccc3)c(Cl)cc2N1. The summed E-state index contributed by atoms with van der Waals surface area (Å²) >= 11 is 6.24. The lowest BCUT2D eigenvalue weighted by Gasteiger charge is -2.25. The fourth-order valence-electron chi connectivity index (χ4n) is 3.79. The summed E-state index contributed by atoms with van der Waals surface area (Å²) < 4.78 is 33.2. The van der Waals surface area contributed by atoms with Crippen LogP contribution in [0.4, 0.5) is 5.69 Å². The van der Waals surface area contributed by atoms with Crippen LogP contribution in [0, 0.1) is 0 Å². The van der Waals surface area contributed by atoms with Gasteiger partial charge >= 0.3 is 0 Å². The molecule has 164 valence electrons. The molecule has 2 aliphatic rings. The number of nitrogens with one attached hydrogen (secondary N) is 2. The Hall–Kier alpha value is -2.62. The molecule has 1 atom stereocenters. The molecule has 0 aromatic heterocycles. The van der Waals surface area contributed by atoms with Crippen LogP contribution >= 0.6 is 11.6 Å². The van der Waals surface area contributed by atoms with E-state index in [9.17, 15) is 18.0 Å². The molecule has 0 saturated carbocycles. The second-order valence-electron chi connectivity index (χ2n) is 7.42. The van der Waals surface area contributed by atoms with E-state index in [0.29, 0.717) is 31.5 Å². The minimum Gasteiger partial charge on any atom is -0.482 e. The third-order valence-electron chi connectivity index (χ3n) is 5.32. The molecule has 2 amide bonds. The van der Waals surface area contributed by atoms with Gasteiger partial charge in [-0.2, -0.15) is 4.31 Å². The van der Waals surface area contributed by atoms with Crippen molar-refractivity contribution in [2.24, 2.45) is 0 Å². The van der Waals surface area contributed by atoms with Crippen molar-refractivity contribution in [1.82, 2.24) is 9.62 Å². The van der Waals surface area contributed by atoms with E-state index in [4.69, 9.17) is 16.3 Å². The van der Waals surface area contributed by atoms with Gasteiger partial charge in [-0.05, 0) is 30.9 Å². The number of hydrogen-bond donors (Lipinski definition) is 2. The van der Waals surface area contributed by atoms with E-state index in [0.717, 1.165) is 5.56 Å². The van der Waals surface area contributed by atoms with Gasteiger partial charge in [-0.1, -0.05) is 41.9 Å². The largest absolute Gasteiger partial charge is 0.482 e. The Morgan fingerprint density at radius 3 is 2.81 bits per heavy atom. The number of carbonyl (C=O) groups is 2. The van der Waals surface area contributed by atoms with Crippen molar-refractivity contribution in [3.05, 3.63) is 53.1 Å². The molecule has 2 N–H and O–H groups in total. The number of rotatable bonds is 6. The molecule has 2 aromatic rings. The number of sulfonamides is 1. The van der Waals surface area contributed by atoms with Crippen LogP contribution in [0.1, 0.15) is 18.4 Å². The first kappa shape index (κ1) is 21.6. The van der Waals surface area contributed by atoms with Crippen molar-refractivity contribution in [3.63, 3.8) is 0 Å². The van der Waals surface area contributed by atoms with Crippen LogP contribution < -0.4 is 15.4 Å². The number of benzene rings is 2. The zero-order chi connectivity index (χ0) is 22.0. The number of carbonyl (C=O) groups excluding carboxylic acids is 2. The van der Waals surface area contributed by atoms with E-state index in [1.807, 2.05) is 30.3 Å². The number of anilines is 1. The van der Waals surface area contributed by atoms with Crippen molar-refractivity contribution < 1.29 is 22.7 Å². The van der Waals surface area contributed by atoms with Gasteiger partial charge in [0.15, 0.2) is 6.61 Å². The summed E-state index contributed by atoms with van der Waals surface area (Å²) in [6.07, 6.45) is 1.67. The highest BCUT2D eigenvalue weighted by Crippen LogP contribution is 2.38. The third kappa shape index (κ3) is 4.53. The highest BCUT2D eigenvalue weighted by molar-refractivity contribution is 7.89. The molecule has 2 heterocycles. The van der Waals surface area contributed by atoms with Crippen molar-refractivity contribution >= 4 is 39.1 Å². The molecule has 0 radical (unpaired) electrons. The molecule has 2 aliphatic heterocycles. The van der Waals surface area contributed by atoms with Crippen LogP contribution in [0.3, 0.4) is 0 Å². The van der Waals surface area contributed by atoms with Gasteiger partial charge in [-0.25, -0.2) is 8.42 Å². The standard InChI is InChI=1S/C21H22ClN3O5S/c22-15-11-16-18(30-13-20(26)24-16)12-19(15)31(28,29)25-10-4-7-17(25)21(27)23-9-8-14-5-2-1-3-6-14/h1-3,5-6,11-12,17H,4,7-10,13H2,(H,23,27)(H,24,26). The molecule has 8 nitrogen and oxygen atoms in total. The van der Waals surface area contributed by atoms with Crippen molar-refractivity contribution in [1.29, 1.82) is 0 Å². The van der Waals surface area contributed by atoms with E-state index < -0.39 is 16.1 Å². The number of ether oxygens (including phenoxy) is 1. The topological polar surface area (TPSA) is 105 Å². The molecular formula is C21H22ClN3O5S. The summed E-state index contributed by atoms with van der Waals surface area (Å²) in [4.78, 5) is 24.1. The Morgan fingerprint density at radius 2 is 2.03 bits per heavy atom. The number of halogens is 1. The molecule has 4 rings (SSSR count). The van der Waals surface area contributed by atoms with Crippen LogP contribution in [0.2, 0.25) is 5.02 Å². The van der Waals surface area contributed by atoms with Gasteiger partial charge in [0.05, 0.1) is 10.7 Å². The van der Waals surface area contributed by atoms with Gasteiger partial charge in [0.2, 0.25) is 15.9 Å². The lowest BCUT2D eigenvalue weighted by atomic mass is 10.1. The second-order valence-corrected chi connectivity index (χ2v) is 9.68. The maximum atomic E-state index is 13.3. The van der Waals surface area contributed by atoms with Gasteiger partial charge in [-0.3, -0.25) is 9.59 Å². The average molecular weight is 464 g/mol. The van der Waals surface area contributed by atoms with Gasteiger partial charge in [0.1, 0.15) is 16.7 Å².